The van der Waals surface area contributed by atoms with Crippen LogP contribution in [0, 0.1) is 0 Å². The fraction of sp³-hybridized carbons (Fsp3) is 0.250. The van der Waals surface area contributed by atoms with E-state index in [1.165, 1.54) is 0 Å². The first-order valence-corrected chi connectivity index (χ1v) is 4.74. The molecule has 2 nitrogen and oxygen atoms in total. The molecule has 2 heteroatoms. The summed E-state index contributed by atoms with van der Waals surface area (Å²) in [4.78, 5) is 11.1. The third kappa shape index (κ3) is 2.73. The van der Waals surface area contributed by atoms with E-state index in [1.54, 1.807) is 6.07 Å². The number of unbranched alkanes of at least 4 members (excludes halogenated alkanes) is 1. The first-order chi connectivity index (χ1) is 6.75. The number of benzene rings is 1. The van der Waals surface area contributed by atoms with Crippen LogP contribution in [0.2, 0.25) is 0 Å². The van der Waals surface area contributed by atoms with Crippen molar-refractivity contribution in [2.24, 2.45) is 5.73 Å². The molecule has 1 aromatic rings. The van der Waals surface area contributed by atoms with Crippen LogP contribution in [-0.4, -0.2) is 5.91 Å². The van der Waals surface area contributed by atoms with Crippen molar-refractivity contribution in [3.63, 3.8) is 0 Å². The molecule has 0 fully saturated rings. The second-order valence-corrected chi connectivity index (χ2v) is 3.20. The van der Waals surface area contributed by atoms with Gasteiger partial charge in [-0.3, -0.25) is 4.79 Å². The lowest BCUT2D eigenvalue weighted by molar-refractivity contribution is 0.0999. The summed E-state index contributed by atoms with van der Waals surface area (Å²) in [5.41, 5.74) is 6.92. The van der Waals surface area contributed by atoms with Gasteiger partial charge in [0.25, 0.3) is 0 Å². The zero-order chi connectivity index (χ0) is 10.4. The number of carbonyl (C=O) groups excluding carboxylic acids is 1. The van der Waals surface area contributed by atoms with Crippen LogP contribution in [0.1, 0.15) is 28.8 Å². The van der Waals surface area contributed by atoms with Crippen LogP contribution in [0.15, 0.2) is 36.9 Å². The van der Waals surface area contributed by atoms with Crippen molar-refractivity contribution in [2.75, 3.05) is 0 Å². The highest BCUT2D eigenvalue weighted by atomic mass is 16.1. The number of nitrogens with two attached hydrogens (primary N) is 1. The molecule has 0 radical (unpaired) electrons. The summed E-state index contributed by atoms with van der Waals surface area (Å²) >= 11 is 0. The van der Waals surface area contributed by atoms with Crippen molar-refractivity contribution >= 4 is 5.91 Å². The Morgan fingerprint density at radius 1 is 1.43 bits per heavy atom. The number of hydrogen-bond donors (Lipinski definition) is 1. The number of allylic oxidation sites excluding steroid dienone is 1. The van der Waals surface area contributed by atoms with Crippen LogP contribution in [0.25, 0.3) is 0 Å². The Hall–Kier alpha value is -1.57. The topological polar surface area (TPSA) is 43.1 Å². The summed E-state index contributed by atoms with van der Waals surface area (Å²) in [6, 6.07) is 7.47. The first kappa shape index (κ1) is 10.5. The molecule has 14 heavy (non-hydrogen) atoms. The highest BCUT2D eigenvalue weighted by molar-refractivity contribution is 5.94. The molecular weight excluding hydrogens is 174 g/mol. The number of primary amides is 1. The predicted octanol–water partition coefficient (Wildman–Crippen LogP) is 2.29. The average Bonchev–Trinajstić information content (AvgIpc) is 2.19. The normalized spacial score (nSPS) is 9.71. The molecule has 1 rings (SSSR count). The molecule has 0 heterocycles. The maximum Gasteiger partial charge on any atom is 0.248 e. The molecule has 0 atom stereocenters. The van der Waals surface area contributed by atoms with E-state index in [4.69, 9.17) is 5.73 Å². The Morgan fingerprint density at radius 3 is 2.79 bits per heavy atom. The van der Waals surface area contributed by atoms with Gasteiger partial charge in [0.15, 0.2) is 0 Å². The van der Waals surface area contributed by atoms with Gasteiger partial charge in [-0.15, -0.1) is 6.58 Å². The molecular formula is C12H15NO. The van der Waals surface area contributed by atoms with Crippen molar-refractivity contribution in [1.29, 1.82) is 0 Å². The lowest BCUT2D eigenvalue weighted by Crippen LogP contribution is -2.13. The van der Waals surface area contributed by atoms with Gasteiger partial charge in [-0.25, -0.2) is 0 Å². The molecule has 0 saturated carbocycles. The molecule has 0 spiro atoms. The number of carbonyl (C=O) groups is 1. The molecule has 0 aliphatic heterocycles. The van der Waals surface area contributed by atoms with Gasteiger partial charge in [-0.1, -0.05) is 24.3 Å². The van der Waals surface area contributed by atoms with Crippen molar-refractivity contribution in [1.82, 2.24) is 0 Å². The molecule has 1 amide bonds. The first-order valence-electron chi connectivity index (χ1n) is 4.74. The number of hydrogen-bond acceptors (Lipinski definition) is 1. The molecule has 1 aromatic carbocycles. The maximum absolute atomic E-state index is 11.1. The van der Waals surface area contributed by atoms with Crippen molar-refractivity contribution in [3.05, 3.63) is 48.0 Å². The van der Waals surface area contributed by atoms with Gasteiger partial charge in [-0.2, -0.15) is 0 Å². The van der Waals surface area contributed by atoms with E-state index in [1.807, 2.05) is 24.3 Å². The van der Waals surface area contributed by atoms with Crippen LogP contribution < -0.4 is 5.73 Å². The van der Waals surface area contributed by atoms with E-state index in [9.17, 15) is 4.79 Å². The van der Waals surface area contributed by atoms with Crippen LogP contribution in [0.3, 0.4) is 0 Å². The van der Waals surface area contributed by atoms with E-state index < -0.39 is 0 Å². The van der Waals surface area contributed by atoms with Gasteiger partial charge in [0.2, 0.25) is 5.91 Å². The summed E-state index contributed by atoms with van der Waals surface area (Å²) in [6.07, 6.45) is 4.74. The lowest BCUT2D eigenvalue weighted by Gasteiger charge is -2.04. The van der Waals surface area contributed by atoms with Crippen LogP contribution in [0.5, 0.6) is 0 Å². The van der Waals surface area contributed by atoms with Crippen LogP contribution >= 0.6 is 0 Å². The van der Waals surface area contributed by atoms with E-state index in [2.05, 4.69) is 6.58 Å². The molecule has 0 aliphatic rings. The lowest BCUT2D eigenvalue weighted by atomic mass is 10.0. The highest BCUT2D eigenvalue weighted by Crippen LogP contribution is 2.11. The van der Waals surface area contributed by atoms with Crippen LogP contribution in [0.4, 0.5) is 0 Å². The monoisotopic (exact) mass is 189 g/mol. The molecule has 0 unspecified atom stereocenters. The Labute approximate surface area is 84.4 Å². The minimum absolute atomic E-state index is 0.348. The number of rotatable bonds is 5. The summed E-state index contributed by atoms with van der Waals surface area (Å²) < 4.78 is 0. The van der Waals surface area contributed by atoms with Crippen LogP contribution in [-0.2, 0) is 6.42 Å². The van der Waals surface area contributed by atoms with E-state index >= 15 is 0 Å². The maximum atomic E-state index is 11.1. The summed E-state index contributed by atoms with van der Waals surface area (Å²) in [6.45, 7) is 3.66. The number of aryl methyl sites for hydroxylation is 1. The Balaban J connectivity index is 2.74. The summed E-state index contributed by atoms with van der Waals surface area (Å²) in [5, 5.41) is 0. The molecule has 2 N–H and O–H groups in total. The second-order valence-electron chi connectivity index (χ2n) is 3.20. The predicted molar refractivity (Wildman–Crippen MR) is 58.1 cm³/mol. The zero-order valence-electron chi connectivity index (χ0n) is 8.20. The summed E-state index contributed by atoms with van der Waals surface area (Å²) in [7, 11) is 0. The minimum Gasteiger partial charge on any atom is -0.366 e. The quantitative estimate of drug-likeness (QED) is 0.560. The number of amides is 1. The van der Waals surface area contributed by atoms with E-state index in [0.29, 0.717) is 5.56 Å². The van der Waals surface area contributed by atoms with Gasteiger partial charge in [-0.05, 0) is 30.9 Å². The van der Waals surface area contributed by atoms with Crippen molar-refractivity contribution in [3.8, 4) is 0 Å². The van der Waals surface area contributed by atoms with Crippen molar-refractivity contribution in [2.45, 2.75) is 19.3 Å². The molecule has 0 aliphatic carbocycles. The van der Waals surface area contributed by atoms with Gasteiger partial charge < -0.3 is 5.73 Å². The third-order valence-corrected chi connectivity index (χ3v) is 2.14. The van der Waals surface area contributed by atoms with Gasteiger partial charge >= 0.3 is 0 Å². The minimum atomic E-state index is -0.348. The smallest absolute Gasteiger partial charge is 0.248 e. The van der Waals surface area contributed by atoms with E-state index in [-0.39, 0.29) is 5.91 Å². The fourth-order valence-corrected chi connectivity index (χ4v) is 1.42. The average molecular weight is 189 g/mol. The van der Waals surface area contributed by atoms with Gasteiger partial charge in [0, 0.05) is 5.56 Å². The SMILES string of the molecule is C=CCCCc1ccccc1C(N)=O. The zero-order valence-corrected chi connectivity index (χ0v) is 8.20. The summed E-state index contributed by atoms with van der Waals surface area (Å²) in [5.74, 6) is -0.348. The third-order valence-electron chi connectivity index (χ3n) is 2.14. The molecule has 74 valence electrons. The molecule has 0 bridgehead atoms. The van der Waals surface area contributed by atoms with Crippen molar-refractivity contribution < 1.29 is 4.79 Å². The Morgan fingerprint density at radius 2 is 2.14 bits per heavy atom. The Bertz CT molecular complexity index is 331. The molecule has 0 saturated heterocycles. The van der Waals surface area contributed by atoms with Gasteiger partial charge in [0.05, 0.1) is 0 Å². The largest absolute Gasteiger partial charge is 0.366 e. The van der Waals surface area contributed by atoms with Gasteiger partial charge in [0.1, 0.15) is 0 Å². The standard InChI is InChI=1S/C12H15NO/c1-2-3-4-7-10-8-5-6-9-11(10)12(13)14/h2,5-6,8-9H,1,3-4,7H2,(H2,13,14). The highest BCUT2D eigenvalue weighted by Gasteiger charge is 2.05. The molecule has 0 aromatic heterocycles. The fourth-order valence-electron chi connectivity index (χ4n) is 1.42. The second kappa shape index (κ2) is 5.22. The van der Waals surface area contributed by atoms with E-state index in [0.717, 1.165) is 24.8 Å². The Kier molecular flexibility index (Phi) is 3.92.